The number of halogens is 1. The van der Waals surface area contributed by atoms with E-state index in [-0.39, 0.29) is 13.0 Å². The quantitative estimate of drug-likeness (QED) is 0.355. The second-order valence-electron chi connectivity index (χ2n) is 8.70. The van der Waals surface area contributed by atoms with E-state index >= 15 is 0 Å². The van der Waals surface area contributed by atoms with Gasteiger partial charge >= 0.3 is 12.0 Å². The molecule has 0 spiro atoms. The molecule has 1 unspecified atom stereocenters. The predicted molar refractivity (Wildman–Crippen MR) is 147 cm³/mol. The lowest BCUT2D eigenvalue weighted by Gasteiger charge is -2.19. The van der Waals surface area contributed by atoms with Crippen molar-refractivity contribution in [1.82, 2.24) is 10.2 Å². The summed E-state index contributed by atoms with van der Waals surface area (Å²) < 4.78 is 5.33. The van der Waals surface area contributed by atoms with E-state index in [1.807, 2.05) is 49.5 Å². The van der Waals surface area contributed by atoms with Gasteiger partial charge in [-0.05, 0) is 54.1 Å². The average Bonchev–Trinajstić information content (AvgIpc) is 3.35. The monoisotopic (exact) mass is 533 g/mol. The largest absolute Gasteiger partial charge is 0.461 e. The van der Waals surface area contributed by atoms with E-state index in [4.69, 9.17) is 16.3 Å². The van der Waals surface area contributed by atoms with E-state index in [1.54, 1.807) is 36.4 Å². The molecular formula is C28H28ClN5O4. The zero-order chi connectivity index (χ0) is 26.9. The number of urea groups is 1. The molecule has 0 fully saturated rings. The topological polar surface area (TPSA) is 112 Å². The number of aliphatic imine (C=N–C) groups is 1. The number of hydrogen-bond acceptors (Lipinski definition) is 6. The van der Waals surface area contributed by atoms with Crippen LogP contribution in [0.4, 0.5) is 16.2 Å². The van der Waals surface area contributed by atoms with Crippen molar-refractivity contribution in [1.29, 1.82) is 0 Å². The van der Waals surface area contributed by atoms with E-state index in [9.17, 15) is 14.4 Å². The summed E-state index contributed by atoms with van der Waals surface area (Å²) >= 11 is 5.89. The van der Waals surface area contributed by atoms with Gasteiger partial charge in [-0.1, -0.05) is 41.9 Å². The number of carbonyl (C=O) groups is 3. The summed E-state index contributed by atoms with van der Waals surface area (Å²) in [6.45, 7) is 1.67. The molecule has 4 rings (SSSR count). The van der Waals surface area contributed by atoms with Crippen LogP contribution in [-0.2, 0) is 20.9 Å². The van der Waals surface area contributed by atoms with Gasteiger partial charge in [0.15, 0.2) is 0 Å². The molecule has 9 nitrogen and oxygen atoms in total. The molecule has 3 aromatic carbocycles. The smallest absolute Gasteiger partial charge is 0.319 e. The van der Waals surface area contributed by atoms with Crippen molar-refractivity contribution >= 4 is 46.7 Å². The second kappa shape index (κ2) is 12.7. The van der Waals surface area contributed by atoms with E-state index in [0.29, 0.717) is 16.4 Å². The molecule has 1 aliphatic heterocycles. The van der Waals surface area contributed by atoms with Crippen LogP contribution in [0.2, 0.25) is 5.02 Å². The number of esters is 1. The average molecular weight is 534 g/mol. The first-order valence-electron chi connectivity index (χ1n) is 12.1. The number of nitrogens with zero attached hydrogens (tertiary/aromatic N) is 2. The maximum Gasteiger partial charge on any atom is 0.319 e. The maximum absolute atomic E-state index is 13.1. The van der Waals surface area contributed by atoms with Crippen LogP contribution < -0.4 is 16.0 Å². The lowest BCUT2D eigenvalue weighted by molar-refractivity contribution is -0.146. The first-order valence-corrected chi connectivity index (χ1v) is 12.4. The summed E-state index contributed by atoms with van der Waals surface area (Å²) in [5, 5.41) is 8.49. The third kappa shape index (κ3) is 7.57. The van der Waals surface area contributed by atoms with Crippen LogP contribution >= 0.6 is 11.6 Å². The second-order valence-corrected chi connectivity index (χ2v) is 9.14. The minimum atomic E-state index is -1.18. The molecule has 0 aromatic heterocycles. The Labute approximate surface area is 225 Å². The molecule has 1 atom stereocenters. The molecule has 0 aliphatic carbocycles. The highest BCUT2D eigenvalue weighted by Gasteiger charge is 2.25. The Kier molecular flexibility index (Phi) is 8.94. The van der Waals surface area contributed by atoms with Crippen molar-refractivity contribution in [3.63, 3.8) is 0 Å². The zero-order valence-corrected chi connectivity index (χ0v) is 21.6. The summed E-state index contributed by atoms with van der Waals surface area (Å²) in [6.07, 6.45) is -0.355. The summed E-state index contributed by atoms with van der Waals surface area (Å²) in [7, 11) is 1.98. The van der Waals surface area contributed by atoms with Crippen molar-refractivity contribution in [3.05, 3.63) is 95.0 Å². The van der Waals surface area contributed by atoms with Crippen LogP contribution in [0, 0.1) is 0 Å². The van der Waals surface area contributed by atoms with Gasteiger partial charge < -0.3 is 25.6 Å². The van der Waals surface area contributed by atoms with E-state index in [0.717, 1.165) is 30.1 Å². The Morgan fingerprint density at radius 1 is 0.947 bits per heavy atom. The van der Waals surface area contributed by atoms with Crippen LogP contribution in [0.3, 0.4) is 0 Å². The summed E-state index contributed by atoms with van der Waals surface area (Å²) in [5.41, 5.74) is 2.74. The molecule has 0 bridgehead atoms. The fourth-order valence-electron chi connectivity index (χ4n) is 3.81. The predicted octanol–water partition coefficient (Wildman–Crippen LogP) is 4.29. The lowest BCUT2D eigenvalue weighted by atomic mass is 10.1. The number of anilines is 2. The number of likely N-dealkylation sites (N-methyl/N-ethyl adjacent to an activating group) is 1. The SMILES string of the molecule is CN1CCN=C1c1ccc(NC(=O)C(CC(=O)OCc2ccccc2)NC(=O)Nc2ccc(Cl)cc2)cc1. The van der Waals surface area contributed by atoms with Crippen LogP contribution in [0.5, 0.6) is 0 Å². The maximum atomic E-state index is 13.1. The number of nitrogens with one attached hydrogen (secondary N) is 3. The third-order valence-electron chi connectivity index (χ3n) is 5.81. The Hall–Kier alpha value is -4.37. The van der Waals surface area contributed by atoms with Gasteiger partial charge in [0, 0.05) is 35.6 Å². The third-order valence-corrected chi connectivity index (χ3v) is 6.06. The summed E-state index contributed by atoms with van der Waals surface area (Å²) in [5.74, 6) is -0.295. The van der Waals surface area contributed by atoms with Crippen LogP contribution in [0.1, 0.15) is 17.5 Å². The van der Waals surface area contributed by atoms with Gasteiger partial charge in [-0.2, -0.15) is 0 Å². The lowest BCUT2D eigenvalue weighted by Crippen LogP contribution is -2.47. The fraction of sp³-hybridized carbons (Fsp3) is 0.214. The number of amides is 3. The standard InChI is InChI=1S/C28H28ClN5O4/c1-34-16-15-30-26(34)20-7-11-22(12-8-20)31-27(36)24(17-25(35)38-18-19-5-3-2-4-6-19)33-28(37)32-23-13-9-21(29)10-14-23/h2-14,24H,15-18H2,1H3,(H,31,36)(H2,32,33,37). The summed E-state index contributed by atoms with van der Waals surface area (Å²) in [4.78, 5) is 44.9. The number of ether oxygens (including phenoxy) is 1. The molecule has 10 heteroatoms. The van der Waals surface area contributed by atoms with Gasteiger partial charge in [0.1, 0.15) is 18.5 Å². The zero-order valence-electron chi connectivity index (χ0n) is 20.8. The van der Waals surface area contributed by atoms with E-state index in [2.05, 4.69) is 25.8 Å². The molecule has 0 saturated heterocycles. The molecule has 0 saturated carbocycles. The Morgan fingerprint density at radius 3 is 2.26 bits per heavy atom. The molecule has 38 heavy (non-hydrogen) atoms. The van der Waals surface area contributed by atoms with Crippen molar-refractivity contribution in [2.24, 2.45) is 4.99 Å². The van der Waals surface area contributed by atoms with Crippen LogP contribution in [-0.4, -0.2) is 54.8 Å². The minimum absolute atomic E-state index is 0.0603. The van der Waals surface area contributed by atoms with Gasteiger partial charge in [0.05, 0.1) is 13.0 Å². The highest BCUT2D eigenvalue weighted by atomic mass is 35.5. The van der Waals surface area contributed by atoms with Crippen molar-refractivity contribution in [3.8, 4) is 0 Å². The van der Waals surface area contributed by atoms with E-state index in [1.165, 1.54) is 0 Å². The molecule has 3 N–H and O–H groups in total. The van der Waals surface area contributed by atoms with Crippen molar-refractivity contribution < 1.29 is 19.1 Å². The van der Waals surface area contributed by atoms with Crippen LogP contribution in [0.25, 0.3) is 0 Å². The van der Waals surface area contributed by atoms with Crippen LogP contribution in [0.15, 0.2) is 83.9 Å². The van der Waals surface area contributed by atoms with Gasteiger partial charge in [-0.25, -0.2) is 4.79 Å². The van der Waals surface area contributed by atoms with Gasteiger partial charge in [-0.15, -0.1) is 0 Å². The number of rotatable bonds is 9. The molecule has 3 amide bonds. The number of benzene rings is 3. The highest BCUT2D eigenvalue weighted by molar-refractivity contribution is 6.30. The summed E-state index contributed by atoms with van der Waals surface area (Å²) in [6, 6.07) is 21.1. The van der Waals surface area contributed by atoms with Gasteiger partial charge in [-0.3, -0.25) is 14.6 Å². The molecule has 1 aliphatic rings. The molecule has 196 valence electrons. The fourth-order valence-corrected chi connectivity index (χ4v) is 3.93. The van der Waals surface area contributed by atoms with Crippen molar-refractivity contribution in [2.45, 2.75) is 19.1 Å². The number of carbonyl (C=O) groups excluding carboxylic acids is 3. The molecular weight excluding hydrogens is 506 g/mol. The Morgan fingerprint density at radius 2 is 1.61 bits per heavy atom. The van der Waals surface area contributed by atoms with E-state index < -0.39 is 23.9 Å². The van der Waals surface area contributed by atoms with Crippen molar-refractivity contribution in [2.75, 3.05) is 30.8 Å². The first-order chi connectivity index (χ1) is 18.4. The first kappa shape index (κ1) is 26.7. The Bertz CT molecular complexity index is 1300. The number of amidine groups is 1. The normalized spacial score (nSPS) is 13.3. The number of hydrogen-bond donors (Lipinski definition) is 3. The highest BCUT2D eigenvalue weighted by Crippen LogP contribution is 2.16. The molecule has 1 heterocycles. The molecule has 0 radical (unpaired) electrons. The Balaban J connectivity index is 1.41. The van der Waals surface area contributed by atoms with Gasteiger partial charge in [0.25, 0.3) is 0 Å². The van der Waals surface area contributed by atoms with Gasteiger partial charge in [0.2, 0.25) is 5.91 Å². The molecule has 3 aromatic rings. The minimum Gasteiger partial charge on any atom is -0.461 e.